The Labute approximate surface area is 195 Å². The van der Waals surface area contributed by atoms with Gasteiger partial charge < -0.3 is 14.7 Å². The van der Waals surface area contributed by atoms with Gasteiger partial charge in [-0.15, -0.1) is 0 Å². The molecule has 0 unspecified atom stereocenters. The van der Waals surface area contributed by atoms with Crippen molar-refractivity contribution in [2.45, 2.75) is 37.8 Å². The van der Waals surface area contributed by atoms with Gasteiger partial charge in [0.25, 0.3) is 5.91 Å². The average molecular weight is 474 g/mol. The van der Waals surface area contributed by atoms with Gasteiger partial charge in [0.2, 0.25) is 15.9 Å². The highest BCUT2D eigenvalue weighted by molar-refractivity contribution is 7.89. The third kappa shape index (κ3) is 5.43. The van der Waals surface area contributed by atoms with E-state index < -0.39 is 22.2 Å². The Balaban J connectivity index is 1.98. The first-order valence-corrected chi connectivity index (χ1v) is 12.4. The number of aliphatic hydroxyl groups is 1. The maximum atomic E-state index is 13.3. The summed E-state index contributed by atoms with van der Waals surface area (Å²) >= 11 is 0. The molecule has 0 saturated carbocycles. The molecule has 1 aromatic heterocycles. The van der Waals surface area contributed by atoms with Gasteiger partial charge in [0.1, 0.15) is 11.7 Å². The molecule has 3 atom stereocenters. The number of pyridine rings is 1. The molecule has 33 heavy (non-hydrogen) atoms. The molecule has 0 spiro atoms. The topological polar surface area (TPSA) is 100 Å². The van der Waals surface area contributed by atoms with Crippen molar-refractivity contribution in [3.63, 3.8) is 0 Å². The second-order valence-corrected chi connectivity index (χ2v) is 10.4. The van der Waals surface area contributed by atoms with Crippen LogP contribution in [-0.4, -0.2) is 72.5 Å². The number of carbonyl (C=O) groups excluding carboxylic acids is 1. The Hall–Kier alpha value is -2.75. The summed E-state index contributed by atoms with van der Waals surface area (Å²) in [6.45, 7) is 5.73. The summed E-state index contributed by atoms with van der Waals surface area (Å²) in [6.07, 6.45) is 4.73. The van der Waals surface area contributed by atoms with Crippen LogP contribution in [0, 0.1) is 5.92 Å². The molecule has 0 radical (unpaired) electrons. The van der Waals surface area contributed by atoms with E-state index in [1.807, 2.05) is 26.0 Å². The highest BCUT2D eigenvalue weighted by atomic mass is 32.2. The Kier molecular flexibility index (Phi) is 7.88. The van der Waals surface area contributed by atoms with Crippen LogP contribution in [0.4, 0.5) is 0 Å². The van der Waals surface area contributed by atoms with E-state index in [9.17, 15) is 18.3 Å². The lowest BCUT2D eigenvalue weighted by atomic mass is 10.00. The molecule has 178 valence electrons. The number of hydrogen-bond donors (Lipinski definition) is 1. The number of hydrogen-bond acceptors (Lipinski definition) is 6. The van der Waals surface area contributed by atoms with E-state index in [1.165, 1.54) is 11.4 Å². The Morgan fingerprint density at radius 3 is 2.67 bits per heavy atom. The molecule has 2 aromatic rings. The fourth-order valence-corrected chi connectivity index (χ4v) is 4.95. The van der Waals surface area contributed by atoms with Gasteiger partial charge in [0.05, 0.1) is 24.1 Å². The first-order valence-electron chi connectivity index (χ1n) is 10.9. The fraction of sp³-hybridized carbons (Fsp3) is 0.417. The summed E-state index contributed by atoms with van der Waals surface area (Å²) in [6, 6.07) is 9.52. The fourth-order valence-electron chi connectivity index (χ4n) is 3.74. The van der Waals surface area contributed by atoms with Crippen LogP contribution in [-0.2, 0) is 10.0 Å². The second kappa shape index (κ2) is 10.5. The first kappa shape index (κ1) is 24.9. The minimum atomic E-state index is -3.72. The molecule has 0 aliphatic carbocycles. The van der Waals surface area contributed by atoms with Crippen molar-refractivity contribution in [2.75, 3.05) is 26.7 Å². The van der Waals surface area contributed by atoms with Gasteiger partial charge in [0.15, 0.2) is 0 Å². The largest absolute Gasteiger partial charge is 0.472 e. The number of sulfonamides is 1. The molecular formula is C24H31N3O5S. The van der Waals surface area contributed by atoms with Crippen molar-refractivity contribution >= 4 is 22.0 Å². The summed E-state index contributed by atoms with van der Waals surface area (Å²) in [7, 11) is -2.20. The zero-order valence-corrected chi connectivity index (χ0v) is 20.2. The number of amides is 1. The van der Waals surface area contributed by atoms with E-state index in [0.717, 1.165) is 5.56 Å². The maximum Gasteiger partial charge on any atom is 0.259 e. The van der Waals surface area contributed by atoms with Crippen LogP contribution >= 0.6 is 0 Å². The van der Waals surface area contributed by atoms with Crippen LogP contribution in [0.5, 0.6) is 5.88 Å². The van der Waals surface area contributed by atoms with Crippen LogP contribution in [0.2, 0.25) is 0 Å². The van der Waals surface area contributed by atoms with Crippen molar-refractivity contribution in [3.05, 3.63) is 59.8 Å². The van der Waals surface area contributed by atoms with E-state index in [2.05, 4.69) is 4.98 Å². The number of likely N-dealkylation sites (N-methyl/N-ethyl adjacent to an activating group) is 1. The van der Waals surface area contributed by atoms with Crippen molar-refractivity contribution in [2.24, 2.45) is 5.92 Å². The van der Waals surface area contributed by atoms with E-state index in [4.69, 9.17) is 4.74 Å². The summed E-state index contributed by atoms with van der Waals surface area (Å²) < 4.78 is 33.5. The second-order valence-electron chi connectivity index (χ2n) is 8.34. The van der Waals surface area contributed by atoms with Gasteiger partial charge in [-0.25, -0.2) is 13.4 Å². The lowest BCUT2D eigenvalue weighted by molar-refractivity contribution is 0.0373. The number of carbonyl (C=O) groups is 1. The van der Waals surface area contributed by atoms with Crippen molar-refractivity contribution in [1.29, 1.82) is 0 Å². The molecule has 1 aliphatic rings. The number of ether oxygens (including phenoxy) is 1. The van der Waals surface area contributed by atoms with Gasteiger partial charge in [-0.3, -0.25) is 4.79 Å². The third-order valence-corrected chi connectivity index (χ3v) is 7.63. The molecule has 0 bridgehead atoms. The number of rotatable bonds is 7. The molecule has 3 rings (SSSR count). The Bertz CT molecular complexity index is 1100. The molecule has 9 heteroatoms. The van der Waals surface area contributed by atoms with Crippen LogP contribution < -0.4 is 4.74 Å². The average Bonchev–Trinajstić information content (AvgIpc) is 2.81. The molecule has 0 saturated heterocycles. The number of aliphatic hydroxyl groups excluding tert-OH is 1. The molecule has 1 amide bonds. The van der Waals surface area contributed by atoms with Crippen molar-refractivity contribution < 1.29 is 23.1 Å². The Morgan fingerprint density at radius 2 is 2.03 bits per heavy atom. The normalized spacial score (nSPS) is 20.3. The number of benzene rings is 1. The molecule has 2 heterocycles. The highest BCUT2D eigenvalue weighted by Crippen LogP contribution is 2.28. The molecule has 1 aliphatic heterocycles. The highest BCUT2D eigenvalue weighted by Gasteiger charge is 2.35. The van der Waals surface area contributed by atoms with Crippen LogP contribution in [0.1, 0.15) is 36.7 Å². The van der Waals surface area contributed by atoms with Crippen LogP contribution in [0.15, 0.2) is 53.6 Å². The first-order chi connectivity index (χ1) is 15.7. The number of nitrogens with zero attached hydrogens (tertiary/aromatic N) is 3. The molecule has 1 N–H and O–H groups in total. The van der Waals surface area contributed by atoms with Crippen LogP contribution in [0.25, 0.3) is 6.08 Å². The van der Waals surface area contributed by atoms with Gasteiger partial charge in [0, 0.05) is 25.7 Å². The lowest BCUT2D eigenvalue weighted by Crippen LogP contribution is -2.50. The molecule has 8 nitrogen and oxygen atoms in total. The SMILES string of the molecule is C/C=C/c1cnc2c(c1)C(=O)N([C@@H](C)CO)C[C@H](C)[C@H](CN(C)S(=O)(=O)c1ccccc1)O2. The minimum Gasteiger partial charge on any atom is -0.472 e. The molecular weight excluding hydrogens is 442 g/mol. The summed E-state index contributed by atoms with van der Waals surface area (Å²) in [5.74, 6) is -0.340. The quantitative estimate of drug-likeness (QED) is 0.664. The van der Waals surface area contributed by atoms with Crippen molar-refractivity contribution in [3.8, 4) is 5.88 Å². The smallest absolute Gasteiger partial charge is 0.259 e. The summed E-state index contributed by atoms with van der Waals surface area (Å²) in [5, 5.41) is 9.74. The monoisotopic (exact) mass is 473 g/mol. The van der Waals surface area contributed by atoms with Gasteiger partial charge in [-0.2, -0.15) is 4.31 Å². The summed E-state index contributed by atoms with van der Waals surface area (Å²) in [4.78, 5) is 19.5. The molecule has 0 fully saturated rings. The van der Waals surface area contributed by atoms with Gasteiger partial charge in [-0.05, 0) is 37.6 Å². The predicted octanol–water partition coefficient (Wildman–Crippen LogP) is 2.66. The maximum absolute atomic E-state index is 13.3. The predicted molar refractivity (Wildman–Crippen MR) is 126 cm³/mol. The number of allylic oxidation sites excluding steroid dienone is 1. The summed E-state index contributed by atoms with van der Waals surface area (Å²) in [5.41, 5.74) is 1.04. The van der Waals surface area contributed by atoms with Gasteiger partial charge in [-0.1, -0.05) is 37.3 Å². The Morgan fingerprint density at radius 1 is 1.33 bits per heavy atom. The van der Waals surface area contributed by atoms with Crippen LogP contribution in [0.3, 0.4) is 0 Å². The van der Waals surface area contributed by atoms with E-state index in [0.29, 0.717) is 6.54 Å². The third-order valence-electron chi connectivity index (χ3n) is 5.79. The van der Waals surface area contributed by atoms with E-state index >= 15 is 0 Å². The molecule has 1 aromatic carbocycles. The van der Waals surface area contributed by atoms with E-state index in [-0.39, 0.29) is 41.3 Å². The lowest BCUT2D eigenvalue weighted by Gasteiger charge is -2.37. The van der Waals surface area contributed by atoms with E-state index in [1.54, 1.807) is 54.4 Å². The number of fused-ring (bicyclic) bond motifs is 1. The minimum absolute atomic E-state index is 0.0751. The van der Waals surface area contributed by atoms with Crippen molar-refractivity contribution in [1.82, 2.24) is 14.2 Å². The van der Waals surface area contributed by atoms with Gasteiger partial charge >= 0.3 is 0 Å². The zero-order valence-electron chi connectivity index (χ0n) is 19.4. The zero-order chi connectivity index (χ0) is 24.2. The number of aromatic nitrogens is 1. The standard InChI is InChI=1S/C24H31N3O5S/c1-5-9-19-12-21-23(25-13-19)32-22(17(2)14-27(24(21)29)18(3)16-28)15-26(4)33(30,31)20-10-7-6-8-11-20/h5-13,17-18,22,28H,14-16H2,1-4H3/b9-5+/t17-,18-,22-/m0/s1.